The Morgan fingerprint density at radius 2 is 1.89 bits per heavy atom. The fraction of sp³-hybridized carbons (Fsp3) is 0. The summed E-state index contributed by atoms with van der Waals surface area (Å²) in [4.78, 5) is 0. The first-order valence-electron chi connectivity index (χ1n) is 5.25. The number of amidine groups is 1. The molecule has 0 aliphatic carbocycles. The summed E-state index contributed by atoms with van der Waals surface area (Å²) in [7, 11) is 0. The van der Waals surface area contributed by atoms with Crippen molar-refractivity contribution in [3.05, 3.63) is 57.8 Å². The highest BCUT2D eigenvalue weighted by Crippen LogP contribution is 2.35. The molecule has 3 nitrogen and oxygen atoms in total. The Balaban J connectivity index is 2.44. The zero-order chi connectivity index (χ0) is 14.0. The van der Waals surface area contributed by atoms with Gasteiger partial charge in [-0.05, 0) is 30.3 Å². The molecule has 0 heterocycles. The normalized spacial score (nSPS) is 10.3. The number of hydrogen-bond acceptors (Lipinski definition) is 2. The van der Waals surface area contributed by atoms with Gasteiger partial charge in [-0.25, -0.2) is 4.39 Å². The summed E-state index contributed by atoms with van der Waals surface area (Å²) in [5.74, 6) is -0.260. The smallest absolute Gasteiger partial charge is 0.147 e. The highest BCUT2D eigenvalue weighted by molar-refractivity contribution is 6.42. The minimum Gasteiger partial charge on any atom is -0.455 e. The second-order valence-electron chi connectivity index (χ2n) is 3.71. The quantitative estimate of drug-likeness (QED) is 0.659. The van der Waals surface area contributed by atoms with Crippen LogP contribution >= 0.6 is 23.2 Å². The van der Waals surface area contributed by atoms with Crippen LogP contribution in [0, 0.1) is 11.2 Å². The molecule has 3 N–H and O–H groups in total. The Morgan fingerprint density at radius 1 is 1.16 bits per heavy atom. The van der Waals surface area contributed by atoms with E-state index in [1.807, 2.05) is 0 Å². The molecule has 19 heavy (non-hydrogen) atoms. The van der Waals surface area contributed by atoms with Crippen LogP contribution < -0.4 is 10.5 Å². The zero-order valence-electron chi connectivity index (χ0n) is 9.58. The zero-order valence-corrected chi connectivity index (χ0v) is 11.1. The third kappa shape index (κ3) is 2.97. The Bertz CT molecular complexity index is 647. The van der Waals surface area contributed by atoms with Gasteiger partial charge in [0.1, 0.15) is 28.2 Å². The molecule has 6 heteroatoms. The Labute approximate surface area is 119 Å². The van der Waals surface area contributed by atoms with Gasteiger partial charge in [0.25, 0.3) is 0 Å². The van der Waals surface area contributed by atoms with E-state index in [0.29, 0.717) is 10.8 Å². The number of hydrogen-bond donors (Lipinski definition) is 2. The van der Waals surface area contributed by atoms with E-state index >= 15 is 0 Å². The number of nitrogens with one attached hydrogen (secondary N) is 1. The van der Waals surface area contributed by atoms with E-state index in [4.69, 9.17) is 39.1 Å². The summed E-state index contributed by atoms with van der Waals surface area (Å²) in [6, 6.07) is 8.61. The lowest BCUT2D eigenvalue weighted by molar-refractivity contribution is 0.479. The molecule has 0 aliphatic heterocycles. The minimum atomic E-state index is -0.505. The van der Waals surface area contributed by atoms with E-state index in [-0.39, 0.29) is 22.2 Å². The predicted molar refractivity (Wildman–Crippen MR) is 74.0 cm³/mol. The molecule has 2 aromatic rings. The molecule has 0 saturated heterocycles. The Kier molecular flexibility index (Phi) is 3.93. The van der Waals surface area contributed by atoms with Crippen molar-refractivity contribution in [1.29, 1.82) is 5.41 Å². The standard InChI is InChI=1S/C13H9Cl2FN2O/c14-9-2-1-3-11(12(9)15)19-10-5-4-7(16)6-8(10)13(17)18/h1-6H,(H3,17,18). The van der Waals surface area contributed by atoms with E-state index in [0.717, 1.165) is 6.07 Å². The molecule has 0 amide bonds. The van der Waals surface area contributed by atoms with Gasteiger partial charge in [-0.1, -0.05) is 29.3 Å². The number of nitrogen functional groups attached to an aromatic ring is 1. The fourth-order valence-electron chi connectivity index (χ4n) is 1.48. The largest absolute Gasteiger partial charge is 0.455 e. The van der Waals surface area contributed by atoms with Gasteiger partial charge < -0.3 is 10.5 Å². The number of halogens is 3. The van der Waals surface area contributed by atoms with Crippen LogP contribution in [0.5, 0.6) is 11.5 Å². The highest BCUT2D eigenvalue weighted by atomic mass is 35.5. The van der Waals surface area contributed by atoms with Crippen molar-refractivity contribution in [2.24, 2.45) is 5.73 Å². The van der Waals surface area contributed by atoms with Crippen molar-refractivity contribution in [2.45, 2.75) is 0 Å². The molecule has 98 valence electrons. The van der Waals surface area contributed by atoms with E-state index in [2.05, 4.69) is 0 Å². The third-order valence-corrected chi connectivity index (χ3v) is 3.17. The number of rotatable bonds is 3. The first-order chi connectivity index (χ1) is 8.99. The first-order valence-corrected chi connectivity index (χ1v) is 6.00. The summed E-state index contributed by atoms with van der Waals surface area (Å²) in [6.07, 6.45) is 0. The maximum Gasteiger partial charge on any atom is 0.147 e. The Hall–Kier alpha value is -1.78. The van der Waals surface area contributed by atoms with Crippen molar-refractivity contribution in [2.75, 3.05) is 0 Å². The van der Waals surface area contributed by atoms with Crippen LogP contribution in [0.2, 0.25) is 10.0 Å². The molecule has 0 saturated carbocycles. The van der Waals surface area contributed by atoms with Crippen LogP contribution in [0.3, 0.4) is 0 Å². The average molecular weight is 299 g/mol. The molecule has 2 rings (SSSR count). The molecule has 0 radical (unpaired) electrons. The topological polar surface area (TPSA) is 59.1 Å². The lowest BCUT2D eigenvalue weighted by atomic mass is 10.2. The summed E-state index contributed by atoms with van der Waals surface area (Å²) in [5, 5.41) is 7.98. The van der Waals surface area contributed by atoms with E-state index in [1.165, 1.54) is 12.1 Å². The molecule has 0 spiro atoms. The average Bonchev–Trinajstić information content (AvgIpc) is 2.36. The van der Waals surface area contributed by atoms with Crippen LogP contribution in [0.25, 0.3) is 0 Å². The number of nitrogens with two attached hydrogens (primary N) is 1. The maximum absolute atomic E-state index is 13.1. The lowest BCUT2D eigenvalue weighted by Crippen LogP contribution is -2.12. The maximum atomic E-state index is 13.1. The van der Waals surface area contributed by atoms with Gasteiger partial charge in [-0.3, -0.25) is 5.41 Å². The molecule has 2 aromatic carbocycles. The molecular formula is C13H9Cl2FN2O. The van der Waals surface area contributed by atoms with Gasteiger partial charge in [0, 0.05) is 0 Å². The molecule has 0 atom stereocenters. The summed E-state index contributed by atoms with van der Waals surface area (Å²) < 4.78 is 18.7. The van der Waals surface area contributed by atoms with Gasteiger partial charge in [0.05, 0.1) is 10.6 Å². The molecular weight excluding hydrogens is 290 g/mol. The van der Waals surface area contributed by atoms with Crippen LogP contribution in [-0.4, -0.2) is 5.84 Å². The van der Waals surface area contributed by atoms with Crippen LogP contribution in [-0.2, 0) is 0 Å². The van der Waals surface area contributed by atoms with Gasteiger partial charge in [-0.15, -0.1) is 0 Å². The van der Waals surface area contributed by atoms with Crippen molar-refractivity contribution in [3.8, 4) is 11.5 Å². The highest BCUT2D eigenvalue weighted by Gasteiger charge is 2.12. The summed E-state index contributed by atoms with van der Waals surface area (Å²) in [6.45, 7) is 0. The van der Waals surface area contributed by atoms with E-state index in [9.17, 15) is 4.39 Å². The Morgan fingerprint density at radius 3 is 2.58 bits per heavy atom. The number of ether oxygens (including phenoxy) is 1. The van der Waals surface area contributed by atoms with Crippen LogP contribution in [0.1, 0.15) is 5.56 Å². The molecule has 0 fully saturated rings. The minimum absolute atomic E-state index is 0.149. The lowest BCUT2D eigenvalue weighted by Gasteiger charge is -2.12. The van der Waals surface area contributed by atoms with Crippen molar-refractivity contribution >= 4 is 29.0 Å². The van der Waals surface area contributed by atoms with Crippen LogP contribution in [0.4, 0.5) is 4.39 Å². The fourth-order valence-corrected chi connectivity index (χ4v) is 1.81. The van der Waals surface area contributed by atoms with Gasteiger partial charge >= 0.3 is 0 Å². The van der Waals surface area contributed by atoms with Crippen molar-refractivity contribution < 1.29 is 9.13 Å². The second-order valence-corrected chi connectivity index (χ2v) is 4.49. The van der Waals surface area contributed by atoms with Gasteiger partial charge in [0.2, 0.25) is 0 Å². The molecule has 0 unspecified atom stereocenters. The van der Waals surface area contributed by atoms with E-state index in [1.54, 1.807) is 18.2 Å². The third-order valence-electron chi connectivity index (χ3n) is 2.37. The van der Waals surface area contributed by atoms with Crippen molar-refractivity contribution in [1.82, 2.24) is 0 Å². The SMILES string of the molecule is N=C(N)c1cc(F)ccc1Oc1cccc(Cl)c1Cl. The number of benzene rings is 2. The molecule has 0 aliphatic rings. The molecule has 0 aromatic heterocycles. The van der Waals surface area contributed by atoms with Gasteiger partial charge in [-0.2, -0.15) is 0 Å². The predicted octanol–water partition coefficient (Wildman–Crippen LogP) is 4.21. The molecule has 0 bridgehead atoms. The summed E-state index contributed by atoms with van der Waals surface area (Å²) >= 11 is 11.9. The van der Waals surface area contributed by atoms with E-state index < -0.39 is 5.82 Å². The first kappa shape index (κ1) is 13.6. The monoisotopic (exact) mass is 298 g/mol. The van der Waals surface area contributed by atoms with Crippen LogP contribution in [0.15, 0.2) is 36.4 Å². The summed E-state index contributed by atoms with van der Waals surface area (Å²) in [5.41, 5.74) is 5.53. The van der Waals surface area contributed by atoms with Gasteiger partial charge in [0.15, 0.2) is 0 Å². The van der Waals surface area contributed by atoms with Crippen molar-refractivity contribution in [3.63, 3.8) is 0 Å². The second kappa shape index (κ2) is 5.47.